The van der Waals surface area contributed by atoms with Gasteiger partial charge < -0.3 is 40.2 Å². The van der Waals surface area contributed by atoms with Crippen molar-refractivity contribution in [2.75, 3.05) is 26.7 Å². The molecule has 23 heavy (non-hydrogen) atoms. The summed E-state index contributed by atoms with van der Waals surface area (Å²) in [6, 6.07) is 12.7. The van der Waals surface area contributed by atoms with Crippen molar-refractivity contribution in [2.45, 2.75) is 19.4 Å². The molecule has 0 unspecified atom stereocenters. The highest BCUT2D eigenvalue weighted by Gasteiger charge is 2.13. The van der Waals surface area contributed by atoms with E-state index in [4.69, 9.17) is 4.74 Å². The second kappa shape index (κ2) is 9.99. The lowest BCUT2D eigenvalue weighted by atomic mass is 9.98. The summed E-state index contributed by atoms with van der Waals surface area (Å²) in [7, 11) is 1.75. The van der Waals surface area contributed by atoms with Crippen LogP contribution < -0.4 is 40.2 Å². The van der Waals surface area contributed by atoms with E-state index in [1.807, 2.05) is 0 Å². The Labute approximate surface area is 151 Å². The summed E-state index contributed by atoms with van der Waals surface area (Å²) in [5, 5.41) is 9.61. The number of piperidine rings is 1. The van der Waals surface area contributed by atoms with E-state index in [-0.39, 0.29) is 24.8 Å². The highest BCUT2D eigenvalue weighted by molar-refractivity contribution is 5.87. The van der Waals surface area contributed by atoms with E-state index >= 15 is 0 Å². The van der Waals surface area contributed by atoms with E-state index in [0.29, 0.717) is 0 Å². The smallest absolute Gasteiger partial charge is 0.123 e. The van der Waals surface area contributed by atoms with Crippen LogP contribution in [-0.2, 0) is 6.54 Å². The molecule has 0 atom stereocenters. The molecule has 0 saturated carbocycles. The lowest BCUT2D eigenvalue weighted by molar-refractivity contribution is -0.001000. The maximum atomic E-state index is 5.55. The van der Waals surface area contributed by atoms with Gasteiger partial charge in [-0.3, -0.25) is 0 Å². The number of rotatable bonds is 5. The molecule has 1 fully saturated rings. The van der Waals surface area contributed by atoms with Crippen molar-refractivity contribution in [3.05, 3.63) is 42.0 Å². The monoisotopic (exact) mass is 354 g/mol. The van der Waals surface area contributed by atoms with Crippen LogP contribution in [0.3, 0.4) is 0 Å². The van der Waals surface area contributed by atoms with Crippen molar-refractivity contribution in [1.29, 1.82) is 0 Å². The number of methoxy groups -OCH3 is 1. The zero-order chi connectivity index (χ0) is 14.5. The highest BCUT2D eigenvalue weighted by Crippen LogP contribution is 2.27. The molecule has 1 aliphatic rings. The van der Waals surface area contributed by atoms with Crippen molar-refractivity contribution in [1.82, 2.24) is 10.6 Å². The number of hydrogen-bond donors (Lipinski definition) is 2. The molecule has 1 heterocycles. The van der Waals surface area contributed by atoms with Gasteiger partial charge in [-0.05, 0) is 55.2 Å². The molecule has 1 aliphatic heterocycles. The maximum Gasteiger partial charge on any atom is 0.123 e. The van der Waals surface area contributed by atoms with Crippen molar-refractivity contribution in [2.24, 2.45) is 5.92 Å². The normalized spacial score (nSPS) is 14.8. The predicted octanol–water partition coefficient (Wildman–Crippen LogP) is -3.05. The van der Waals surface area contributed by atoms with Crippen LogP contribution in [0.25, 0.3) is 10.8 Å². The van der Waals surface area contributed by atoms with Crippen LogP contribution in [0.15, 0.2) is 36.4 Å². The van der Waals surface area contributed by atoms with Gasteiger partial charge in [0.15, 0.2) is 0 Å². The molecule has 0 amide bonds. The number of fused-ring (bicyclic) bond motifs is 1. The first-order chi connectivity index (χ1) is 10.4. The Morgan fingerprint density at radius 1 is 1.09 bits per heavy atom. The summed E-state index contributed by atoms with van der Waals surface area (Å²) < 4.78 is 5.55. The average molecular weight is 355 g/mol. The van der Waals surface area contributed by atoms with Crippen molar-refractivity contribution >= 4 is 10.8 Å². The third-order valence-electron chi connectivity index (χ3n) is 4.41. The van der Waals surface area contributed by atoms with Gasteiger partial charge in [0.2, 0.25) is 0 Å². The molecule has 2 aromatic carbocycles. The van der Waals surface area contributed by atoms with Gasteiger partial charge in [0.25, 0.3) is 0 Å². The second-order valence-corrected chi connectivity index (χ2v) is 5.79. The molecule has 0 spiro atoms. The molecule has 0 aliphatic carbocycles. The number of hydrogen-bond acceptors (Lipinski definition) is 3. The van der Waals surface area contributed by atoms with Crippen LogP contribution >= 0.6 is 0 Å². The Morgan fingerprint density at radius 3 is 2.57 bits per heavy atom. The molecule has 0 aromatic heterocycles. The zero-order valence-corrected chi connectivity index (χ0v) is 15.0. The van der Waals surface area contributed by atoms with Crippen LogP contribution in [0.5, 0.6) is 5.75 Å². The molecule has 2 aromatic rings. The minimum Gasteiger partial charge on any atom is -1.00 e. The van der Waals surface area contributed by atoms with Crippen LogP contribution in [0.4, 0.5) is 0 Å². The topological polar surface area (TPSA) is 33.3 Å². The standard InChI is InChI=1S/C18H24N2O.2ClH/c1-21-18-7-6-15-4-2-3-5-16(15)17(18)13-20-12-14-8-10-19-11-9-14;;/h2-7,14,19-20H,8-13H2,1H3;2*1H/p-2. The van der Waals surface area contributed by atoms with Crippen LogP contribution in [0, 0.1) is 5.92 Å². The average Bonchev–Trinajstić information content (AvgIpc) is 2.56. The Balaban J connectivity index is 0.00000132. The molecular weight excluding hydrogens is 331 g/mol. The van der Waals surface area contributed by atoms with E-state index in [2.05, 4.69) is 47.0 Å². The van der Waals surface area contributed by atoms with Crippen molar-refractivity contribution < 1.29 is 29.6 Å². The van der Waals surface area contributed by atoms with Crippen molar-refractivity contribution in [3.63, 3.8) is 0 Å². The number of nitrogens with one attached hydrogen (secondary N) is 2. The number of ether oxygens (including phenoxy) is 1. The minimum absolute atomic E-state index is 0. The Bertz CT molecular complexity index is 601. The maximum absolute atomic E-state index is 5.55. The molecule has 128 valence electrons. The molecule has 3 rings (SSSR count). The molecule has 0 radical (unpaired) electrons. The first kappa shape index (κ1) is 20.0. The van der Waals surface area contributed by atoms with Gasteiger partial charge in [-0.15, -0.1) is 0 Å². The first-order valence-electron chi connectivity index (χ1n) is 7.84. The summed E-state index contributed by atoms with van der Waals surface area (Å²) in [6.45, 7) is 4.27. The molecular formula is C18H24Cl2N2O-2. The highest BCUT2D eigenvalue weighted by atomic mass is 35.5. The largest absolute Gasteiger partial charge is 1.00 e. The number of benzene rings is 2. The third kappa shape index (κ3) is 4.98. The molecule has 5 heteroatoms. The van der Waals surface area contributed by atoms with E-state index in [1.54, 1.807) is 7.11 Å². The quantitative estimate of drug-likeness (QED) is 0.598. The van der Waals surface area contributed by atoms with Crippen LogP contribution in [0.2, 0.25) is 0 Å². The Morgan fingerprint density at radius 2 is 1.83 bits per heavy atom. The lowest BCUT2D eigenvalue weighted by Gasteiger charge is -2.23. The SMILES string of the molecule is COc1ccc2ccccc2c1CNCC1CCNCC1.[Cl-].[Cl-]. The summed E-state index contributed by atoms with van der Waals surface area (Å²) >= 11 is 0. The molecule has 0 bridgehead atoms. The van der Waals surface area contributed by atoms with Crippen LogP contribution in [0.1, 0.15) is 18.4 Å². The zero-order valence-electron chi connectivity index (χ0n) is 13.4. The molecule has 3 nitrogen and oxygen atoms in total. The predicted molar refractivity (Wildman–Crippen MR) is 87.8 cm³/mol. The summed E-state index contributed by atoms with van der Waals surface area (Å²) in [5.74, 6) is 1.78. The van der Waals surface area contributed by atoms with Gasteiger partial charge >= 0.3 is 0 Å². The van der Waals surface area contributed by atoms with E-state index in [9.17, 15) is 0 Å². The fourth-order valence-electron chi connectivity index (χ4n) is 3.18. The van der Waals surface area contributed by atoms with Gasteiger partial charge in [0.05, 0.1) is 7.11 Å². The first-order valence-corrected chi connectivity index (χ1v) is 7.84. The van der Waals surface area contributed by atoms with E-state index in [0.717, 1.165) is 37.8 Å². The fourth-order valence-corrected chi connectivity index (χ4v) is 3.18. The van der Waals surface area contributed by atoms with Gasteiger partial charge in [-0.25, -0.2) is 0 Å². The fraction of sp³-hybridized carbons (Fsp3) is 0.444. The summed E-state index contributed by atoms with van der Waals surface area (Å²) in [4.78, 5) is 0. The lowest BCUT2D eigenvalue weighted by Crippen LogP contribution is -3.00. The minimum atomic E-state index is 0. The summed E-state index contributed by atoms with van der Waals surface area (Å²) in [5.41, 5.74) is 1.27. The van der Waals surface area contributed by atoms with E-state index in [1.165, 1.54) is 29.2 Å². The van der Waals surface area contributed by atoms with Crippen LogP contribution in [-0.4, -0.2) is 26.7 Å². The Kier molecular flexibility index (Phi) is 8.71. The van der Waals surface area contributed by atoms with Gasteiger partial charge in [-0.2, -0.15) is 0 Å². The third-order valence-corrected chi connectivity index (χ3v) is 4.41. The van der Waals surface area contributed by atoms with Gasteiger partial charge in [0, 0.05) is 12.1 Å². The van der Waals surface area contributed by atoms with Gasteiger partial charge in [-0.1, -0.05) is 30.3 Å². The summed E-state index contributed by atoms with van der Waals surface area (Å²) in [6.07, 6.45) is 2.55. The molecule has 2 N–H and O–H groups in total. The van der Waals surface area contributed by atoms with E-state index < -0.39 is 0 Å². The Hall–Kier alpha value is -1.00. The number of halogens is 2. The second-order valence-electron chi connectivity index (χ2n) is 5.79. The molecule has 1 saturated heterocycles. The van der Waals surface area contributed by atoms with Gasteiger partial charge in [0.1, 0.15) is 5.75 Å². The van der Waals surface area contributed by atoms with Crippen molar-refractivity contribution in [3.8, 4) is 5.75 Å².